The zero-order chi connectivity index (χ0) is 14.0. The second-order valence-corrected chi connectivity index (χ2v) is 4.79. The summed E-state index contributed by atoms with van der Waals surface area (Å²) in [6.07, 6.45) is 0. The summed E-state index contributed by atoms with van der Waals surface area (Å²) < 4.78 is 5.41. The SMILES string of the molecule is N#Cc1c(Cl)nc(Cl)nc1Oc1ccc(Cl)cc1Cl. The molecule has 1 aromatic carbocycles. The first-order chi connectivity index (χ1) is 9.01. The van der Waals surface area contributed by atoms with Crippen LogP contribution in [0.3, 0.4) is 0 Å². The van der Waals surface area contributed by atoms with Crippen molar-refractivity contribution in [2.75, 3.05) is 0 Å². The first-order valence-electron chi connectivity index (χ1n) is 4.77. The Morgan fingerprint density at radius 3 is 2.47 bits per heavy atom. The average Bonchev–Trinajstić information content (AvgIpc) is 2.32. The standard InChI is InChI=1S/C11H3Cl4N3O/c12-5-1-2-8(7(13)3-5)19-10-6(4-16)9(14)17-11(15)18-10/h1-3H. The molecule has 0 aliphatic heterocycles. The predicted octanol–water partition coefficient (Wildman–Crippen LogP) is 4.75. The van der Waals surface area contributed by atoms with Crippen LogP contribution in [-0.2, 0) is 0 Å². The first-order valence-corrected chi connectivity index (χ1v) is 6.28. The molecule has 0 unspecified atom stereocenters. The van der Waals surface area contributed by atoms with Crippen LogP contribution in [0.1, 0.15) is 5.56 Å². The third kappa shape index (κ3) is 3.20. The van der Waals surface area contributed by atoms with Crippen LogP contribution in [0.25, 0.3) is 0 Å². The molecular formula is C11H3Cl4N3O. The highest BCUT2D eigenvalue weighted by Gasteiger charge is 2.15. The molecule has 0 spiro atoms. The van der Waals surface area contributed by atoms with Crippen LogP contribution < -0.4 is 4.74 Å². The number of halogens is 4. The molecule has 0 saturated heterocycles. The lowest BCUT2D eigenvalue weighted by atomic mass is 10.3. The number of benzene rings is 1. The molecule has 2 aromatic rings. The van der Waals surface area contributed by atoms with E-state index in [2.05, 4.69) is 9.97 Å². The van der Waals surface area contributed by atoms with E-state index in [4.69, 9.17) is 56.4 Å². The summed E-state index contributed by atoms with van der Waals surface area (Å²) in [5, 5.41) is 9.48. The van der Waals surface area contributed by atoms with E-state index in [1.54, 1.807) is 6.07 Å². The molecule has 96 valence electrons. The molecule has 19 heavy (non-hydrogen) atoms. The minimum atomic E-state index is -0.135. The number of aromatic nitrogens is 2. The highest BCUT2D eigenvalue weighted by atomic mass is 35.5. The highest BCUT2D eigenvalue weighted by Crippen LogP contribution is 2.33. The lowest BCUT2D eigenvalue weighted by Gasteiger charge is -2.08. The maximum atomic E-state index is 8.99. The Hall–Kier alpha value is -1.25. The number of nitriles is 1. The second-order valence-electron chi connectivity index (χ2n) is 3.25. The van der Waals surface area contributed by atoms with Crippen molar-refractivity contribution in [3.8, 4) is 17.7 Å². The van der Waals surface area contributed by atoms with Gasteiger partial charge in [-0.15, -0.1) is 0 Å². The van der Waals surface area contributed by atoms with E-state index in [9.17, 15) is 0 Å². The van der Waals surface area contributed by atoms with Gasteiger partial charge in [0.2, 0.25) is 11.2 Å². The number of rotatable bonds is 2. The number of hydrogen-bond donors (Lipinski definition) is 0. The molecule has 1 aromatic heterocycles. The van der Waals surface area contributed by atoms with E-state index < -0.39 is 0 Å². The van der Waals surface area contributed by atoms with Gasteiger partial charge in [0.1, 0.15) is 11.8 Å². The average molecular weight is 335 g/mol. The van der Waals surface area contributed by atoms with Gasteiger partial charge >= 0.3 is 0 Å². The Morgan fingerprint density at radius 1 is 1.11 bits per heavy atom. The van der Waals surface area contributed by atoms with Gasteiger partial charge in [-0.3, -0.25) is 0 Å². The van der Waals surface area contributed by atoms with Gasteiger partial charge in [0.25, 0.3) is 0 Å². The lowest BCUT2D eigenvalue weighted by Crippen LogP contribution is -1.96. The Morgan fingerprint density at radius 2 is 1.84 bits per heavy atom. The van der Waals surface area contributed by atoms with Crippen LogP contribution in [0.15, 0.2) is 18.2 Å². The maximum absolute atomic E-state index is 8.99. The van der Waals surface area contributed by atoms with Gasteiger partial charge in [0, 0.05) is 5.02 Å². The lowest BCUT2D eigenvalue weighted by molar-refractivity contribution is 0.460. The smallest absolute Gasteiger partial charge is 0.243 e. The minimum absolute atomic E-state index is 0.0305. The fourth-order valence-electron chi connectivity index (χ4n) is 1.22. The fourth-order valence-corrected chi connectivity index (χ4v) is 2.07. The van der Waals surface area contributed by atoms with Gasteiger partial charge in [0.05, 0.1) is 5.02 Å². The number of nitrogens with zero attached hydrogens (tertiary/aromatic N) is 3. The van der Waals surface area contributed by atoms with Gasteiger partial charge in [-0.25, -0.2) is 4.98 Å². The molecule has 0 fully saturated rings. The van der Waals surface area contributed by atoms with Crippen molar-refractivity contribution in [2.24, 2.45) is 0 Å². The molecule has 2 rings (SSSR count). The summed E-state index contributed by atoms with van der Waals surface area (Å²) in [5.74, 6) is 0.199. The first kappa shape index (κ1) is 14.2. The molecule has 0 N–H and O–H groups in total. The monoisotopic (exact) mass is 333 g/mol. The predicted molar refractivity (Wildman–Crippen MR) is 73.3 cm³/mol. The molecule has 0 radical (unpaired) electrons. The topological polar surface area (TPSA) is 58.8 Å². The quantitative estimate of drug-likeness (QED) is 0.587. The van der Waals surface area contributed by atoms with E-state index in [0.29, 0.717) is 5.02 Å². The summed E-state index contributed by atoms with van der Waals surface area (Å²) >= 11 is 23.2. The molecule has 0 saturated carbocycles. The van der Waals surface area contributed by atoms with Crippen molar-refractivity contribution in [3.05, 3.63) is 44.2 Å². The van der Waals surface area contributed by atoms with Crippen LogP contribution in [-0.4, -0.2) is 9.97 Å². The highest BCUT2D eigenvalue weighted by molar-refractivity contribution is 6.35. The van der Waals surface area contributed by atoms with Crippen molar-refractivity contribution in [1.82, 2.24) is 9.97 Å². The van der Waals surface area contributed by atoms with E-state index in [1.165, 1.54) is 12.1 Å². The molecule has 0 atom stereocenters. The van der Waals surface area contributed by atoms with Crippen molar-refractivity contribution < 1.29 is 4.74 Å². The summed E-state index contributed by atoms with van der Waals surface area (Å²) in [6.45, 7) is 0. The van der Waals surface area contributed by atoms with Gasteiger partial charge in [-0.2, -0.15) is 10.2 Å². The van der Waals surface area contributed by atoms with Crippen molar-refractivity contribution in [2.45, 2.75) is 0 Å². The summed E-state index contributed by atoms with van der Waals surface area (Å²) in [6, 6.07) is 6.45. The maximum Gasteiger partial charge on any atom is 0.243 e. The molecule has 0 aliphatic carbocycles. The summed E-state index contributed by atoms with van der Waals surface area (Å²) in [5.41, 5.74) is -0.0305. The molecule has 0 amide bonds. The van der Waals surface area contributed by atoms with Gasteiger partial charge in [-0.05, 0) is 29.8 Å². The van der Waals surface area contributed by atoms with Gasteiger partial charge < -0.3 is 4.74 Å². The summed E-state index contributed by atoms with van der Waals surface area (Å²) in [7, 11) is 0. The zero-order valence-electron chi connectivity index (χ0n) is 8.99. The Kier molecular flexibility index (Phi) is 4.33. The normalized spacial score (nSPS) is 10.1. The van der Waals surface area contributed by atoms with Crippen molar-refractivity contribution >= 4 is 46.4 Å². The van der Waals surface area contributed by atoms with Crippen LogP contribution >= 0.6 is 46.4 Å². The van der Waals surface area contributed by atoms with Crippen LogP contribution in [0.5, 0.6) is 11.6 Å². The molecule has 0 aliphatic rings. The molecule has 0 bridgehead atoms. The third-order valence-corrected chi connectivity index (χ3v) is 2.99. The molecule has 4 nitrogen and oxygen atoms in total. The number of ether oxygens (including phenoxy) is 1. The van der Waals surface area contributed by atoms with Crippen LogP contribution in [0, 0.1) is 11.3 Å². The minimum Gasteiger partial charge on any atom is -0.436 e. The second kappa shape index (κ2) is 5.81. The van der Waals surface area contributed by atoms with E-state index in [-0.39, 0.29) is 32.7 Å². The van der Waals surface area contributed by atoms with E-state index in [1.807, 2.05) is 6.07 Å². The zero-order valence-corrected chi connectivity index (χ0v) is 12.0. The van der Waals surface area contributed by atoms with Crippen LogP contribution in [0.2, 0.25) is 20.5 Å². The van der Waals surface area contributed by atoms with E-state index >= 15 is 0 Å². The number of hydrogen-bond acceptors (Lipinski definition) is 4. The van der Waals surface area contributed by atoms with Crippen LogP contribution in [0.4, 0.5) is 0 Å². The fraction of sp³-hybridized carbons (Fsp3) is 0. The summed E-state index contributed by atoms with van der Waals surface area (Å²) in [4.78, 5) is 7.44. The molecule has 1 heterocycles. The Labute approximate surface area is 128 Å². The van der Waals surface area contributed by atoms with Crippen molar-refractivity contribution in [3.63, 3.8) is 0 Å². The third-order valence-electron chi connectivity index (χ3n) is 2.02. The van der Waals surface area contributed by atoms with E-state index in [0.717, 1.165) is 0 Å². The largest absolute Gasteiger partial charge is 0.436 e. The van der Waals surface area contributed by atoms with Gasteiger partial charge in [0.15, 0.2) is 10.7 Å². The molecular weight excluding hydrogens is 332 g/mol. The molecule has 8 heteroatoms. The Bertz CT molecular complexity index is 684. The van der Waals surface area contributed by atoms with Gasteiger partial charge in [-0.1, -0.05) is 34.8 Å². The van der Waals surface area contributed by atoms with Crippen molar-refractivity contribution in [1.29, 1.82) is 5.26 Å². The Balaban J connectivity index is 2.46.